The molecule has 4 nitrogen and oxygen atoms in total. The Labute approximate surface area is 188 Å². The third-order valence-corrected chi connectivity index (χ3v) is 6.90. The number of benzene rings is 1. The standard InChI is InChI=1S/C23H28F6N2O2/c1-20(13-33-14-20)11-31-5-4-21(12-31,9-15-2-3-15)19(32)30-10-16-6-17(22(24,25)26)8-18(7-16)23(27,28)29/h6-8,15H,2-5,9-14H2,1H3,(H,30,32). The molecule has 1 atom stereocenters. The van der Waals surface area contributed by atoms with Crippen molar-refractivity contribution >= 4 is 5.91 Å². The largest absolute Gasteiger partial charge is 0.416 e. The summed E-state index contributed by atoms with van der Waals surface area (Å²) in [5.41, 5.74) is -3.59. The fourth-order valence-corrected chi connectivity index (χ4v) is 4.99. The topological polar surface area (TPSA) is 41.6 Å². The van der Waals surface area contributed by atoms with E-state index in [4.69, 9.17) is 4.74 Å². The van der Waals surface area contributed by atoms with Crippen LogP contribution in [0.4, 0.5) is 26.3 Å². The molecule has 0 aromatic heterocycles. The van der Waals surface area contributed by atoms with Crippen molar-refractivity contribution in [2.75, 3.05) is 32.8 Å². The minimum Gasteiger partial charge on any atom is -0.380 e. The van der Waals surface area contributed by atoms with E-state index >= 15 is 0 Å². The predicted molar refractivity (Wildman–Crippen MR) is 108 cm³/mol. The summed E-state index contributed by atoms with van der Waals surface area (Å²) < 4.78 is 84.1. The highest BCUT2D eigenvalue weighted by atomic mass is 19.4. The number of halogens is 6. The Morgan fingerprint density at radius 3 is 2.18 bits per heavy atom. The van der Waals surface area contributed by atoms with Crippen LogP contribution in [-0.4, -0.2) is 43.7 Å². The van der Waals surface area contributed by atoms with Crippen LogP contribution >= 0.6 is 0 Å². The van der Waals surface area contributed by atoms with E-state index in [1.165, 1.54) is 0 Å². The van der Waals surface area contributed by atoms with E-state index in [9.17, 15) is 31.1 Å². The minimum atomic E-state index is -4.92. The number of rotatable bonds is 7. The van der Waals surface area contributed by atoms with Gasteiger partial charge >= 0.3 is 12.4 Å². The quantitative estimate of drug-likeness (QED) is 0.569. The molecule has 1 saturated carbocycles. The van der Waals surface area contributed by atoms with Gasteiger partial charge in [0, 0.05) is 25.0 Å². The molecule has 1 unspecified atom stereocenters. The maximum Gasteiger partial charge on any atom is 0.416 e. The molecule has 0 radical (unpaired) electrons. The molecule has 4 rings (SSSR count). The lowest BCUT2D eigenvalue weighted by atomic mass is 9.80. The van der Waals surface area contributed by atoms with Gasteiger partial charge in [-0.1, -0.05) is 19.8 Å². The van der Waals surface area contributed by atoms with Crippen LogP contribution in [0.2, 0.25) is 0 Å². The molecule has 3 fully saturated rings. The molecule has 2 aliphatic heterocycles. The number of hydrogen-bond acceptors (Lipinski definition) is 3. The maximum atomic E-state index is 13.3. The van der Waals surface area contributed by atoms with Crippen molar-refractivity contribution < 1.29 is 35.9 Å². The molecule has 1 amide bonds. The average molecular weight is 478 g/mol. The van der Waals surface area contributed by atoms with Gasteiger partial charge in [-0.05, 0) is 49.1 Å². The Morgan fingerprint density at radius 2 is 1.70 bits per heavy atom. The first-order valence-corrected chi connectivity index (χ1v) is 11.1. The molecule has 1 N–H and O–H groups in total. The second-order valence-corrected chi connectivity index (χ2v) is 10.3. The van der Waals surface area contributed by atoms with Gasteiger partial charge in [0.25, 0.3) is 0 Å². The lowest BCUT2D eigenvalue weighted by Gasteiger charge is -2.41. The summed E-state index contributed by atoms with van der Waals surface area (Å²) >= 11 is 0. The van der Waals surface area contributed by atoms with Crippen molar-refractivity contribution in [3.05, 3.63) is 34.9 Å². The van der Waals surface area contributed by atoms with E-state index in [1.807, 2.05) is 0 Å². The molecule has 184 valence electrons. The zero-order chi connectivity index (χ0) is 24.1. The number of likely N-dealkylation sites (tertiary alicyclic amines) is 1. The molecule has 3 aliphatic rings. The van der Waals surface area contributed by atoms with Crippen LogP contribution in [0.5, 0.6) is 0 Å². The molecule has 2 heterocycles. The lowest BCUT2D eigenvalue weighted by molar-refractivity contribution is -0.143. The van der Waals surface area contributed by atoms with Crippen LogP contribution in [0.3, 0.4) is 0 Å². The number of ether oxygens (including phenoxy) is 1. The monoisotopic (exact) mass is 478 g/mol. The molecule has 10 heteroatoms. The van der Waals surface area contributed by atoms with Gasteiger partial charge in [-0.3, -0.25) is 4.79 Å². The normalized spacial score (nSPS) is 25.7. The first-order chi connectivity index (χ1) is 15.3. The zero-order valence-corrected chi connectivity index (χ0v) is 18.4. The molecule has 1 aromatic carbocycles. The Balaban J connectivity index is 1.48. The Morgan fingerprint density at radius 1 is 1.09 bits per heavy atom. The summed E-state index contributed by atoms with van der Waals surface area (Å²) in [5.74, 6) is 0.154. The first-order valence-electron chi connectivity index (χ1n) is 11.1. The van der Waals surface area contributed by atoms with Crippen molar-refractivity contribution in [3.8, 4) is 0 Å². The summed E-state index contributed by atoms with van der Waals surface area (Å²) in [6, 6.07) is 1.43. The smallest absolute Gasteiger partial charge is 0.380 e. The van der Waals surface area contributed by atoms with Crippen LogP contribution in [0, 0.1) is 16.7 Å². The fraction of sp³-hybridized carbons (Fsp3) is 0.696. The number of carbonyl (C=O) groups is 1. The van der Waals surface area contributed by atoms with E-state index in [2.05, 4.69) is 17.1 Å². The molecule has 2 saturated heterocycles. The number of nitrogens with zero attached hydrogens (tertiary/aromatic N) is 1. The number of hydrogen-bond donors (Lipinski definition) is 1. The third-order valence-electron chi connectivity index (χ3n) is 6.90. The SMILES string of the molecule is CC1(CN2CCC(CC3CC3)(C(=O)NCc3cc(C(F)(F)F)cc(C(F)(F)F)c3)C2)COC1. The molecule has 1 aromatic rings. The third kappa shape index (κ3) is 5.65. The summed E-state index contributed by atoms with van der Waals surface area (Å²) in [7, 11) is 0. The summed E-state index contributed by atoms with van der Waals surface area (Å²) in [6.07, 6.45) is -6.42. The summed E-state index contributed by atoms with van der Waals surface area (Å²) in [4.78, 5) is 15.5. The molecule has 1 aliphatic carbocycles. The number of carbonyl (C=O) groups excluding carboxylic acids is 1. The minimum absolute atomic E-state index is 0.0537. The van der Waals surface area contributed by atoms with Gasteiger partial charge in [-0.15, -0.1) is 0 Å². The molecule has 0 spiro atoms. The van der Waals surface area contributed by atoms with E-state index in [0.29, 0.717) is 50.7 Å². The maximum absolute atomic E-state index is 13.3. The van der Waals surface area contributed by atoms with E-state index in [0.717, 1.165) is 25.9 Å². The van der Waals surface area contributed by atoms with Gasteiger partial charge in [-0.25, -0.2) is 0 Å². The average Bonchev–Trinajstić information content (AvgIpc) is 3.41. The number of nitrogens with one attached hydrogen (secondary N) is 1. The molecule has 33 heavy (non-hydrogen) atoms. The molecular weight excluding hydrogens is 450 g/mol. The highest BCUT2D eigenvalue weighted by Crippen LogP contribution is 2.46. The second-order valence-electron chi connectivity index (χ2n) is 10.3. The van der Waals surface area contributed by atoms with Crippen LogP contribution in [0.1, 0.15) is 49.3 Å². The predicted octanol–water partition coefficient (Wildman–Crippen LogP) is 4.87. The number of alkyl halides is 6. The lowest BCUT2D eigenvalue weighted by Crippen LogP contribution is -2.49. The molecular formula is C23H28F6N2O2. The Hall–Kier alpha value is -1.81. The van der Waals surface area contributed by atoms with E-state index in [1.54, 1.807) is 0 Å². The van der Waals surface area contributed by atoms with Crippen molar-refractivity contribution in [2.24, 2.45) is 16.7 Å². The van der Waals surface area contributed by atoms with Crippen molar-refractivity contribution in [3.63, 3.8) is 0 Å². The van der Waals surface area contributed by atoms with Crippen LogP contribution in [-0.2, 0) is 28.4 Å². The van der Waals surface area contributed by atoms with Crippen LogP contribution in [0.25, 0.3) is 0 Å². The van der Waals surface area contributed by atoms with Gasteiger partial charge in [0.15, 0.2) is 0 Å². The van der Waals surface area contributed by atoms with Gasteiger partial charge in [-0.2, -0.15) is 26.3 Å². The van der Waals surface area contributed by atoms with Gasteiger partial charge < -0.3 is 15.0 Å². The van der Waals surface area contributed by atoms with Gasteiger partial charge in [0.2, 0.25) is 5.91 Å². The first kappa shape index (κ1) is 24.3. The van der Waals surface area contributed by atoms with Crippen molar-refractivity contribution in [1.82, 2.24) is 10.2 Å². The van der Waals surface area contributed by atoms with Crippen LogP contribution < -0.4 is 5.32 Å². The van der Waals surface area contributed by atoms with Crippen LogP contribution in [0.15, 0.2) is 18.2 Å². The highest BCUT2D eigenvalue weighted by Gasteiger charge is 2.49. The second kappa shape index (κ2) is 8.45. The summed E-state index contributed by atoms with van der Waals surface area (Å²) in [6.45, 7) is 5.16. The highest BCUT2D eigenvalue weighted by molar-refractivity contribution is 5.83. The van der Waals surface area contributed by atoms with Crippen molar-refractivity contribution in [2.45, 2.75) is 51.5 Å². The van der Waals surface area contributed by atoms with Crippen molar-refractivity contribution in [1.29, 1.82) is 0 Å². The number of amides is 1. The van der Waals surface area contributed by atoms with Gasteiger partial charge in [0.05, 0.1) is 29.8 Å². The van der Waals surface area contributed by atoms with Gasteiger partial charge in [0.1, 0.15) is 0 Å². The van der Waals surface area contributed by atoms with E-state index < -0.39 is 28.9 Å². The zero-order valence-electron chi connectivity index (χ0n) is 18.4. The van der Waals surface area contributed by atoms with E-state index in [-0.39, 0.29) is 29.5 Å². The Kier molecular flexibility index (Phi) is 6.22. The Bertz CT molecular complexity index is 860. The molecule has 0 bridgehead atoms. The fourth-order valence-electron chi connectivity index (χ4n) is 4.99. The summed E-state index contributed by atoms with van der Waals surface area (Å²) in [5, 5.41) is 2.66.